The van der Waals surface area contributed by atoms with Gasteiger partial charge in [0.05, 0.1) is 0 Å². The zero-order chi connectivity index (χ0) is 21.4. The molecular weight excluding hydrogens is 366 g/mol. The second-order valence-corrected chi connectivity index (χ2v) is 10.2. The van der Waals surface area contributed by atoms with Crippen LogP contribution in [0.25, 0.3) is 16.7 Å². The number of aromatic hydroxyl groups is 1. The van der Waals surface area contributed by atoms with Gasteiger partial charge < -0.3 is 5.11 Å². The highest BCUT2D eigenvalue weighted by molar-refractivity contribution is 5.83. The lowest BCUT2D eigenvalue weighted by atomic mass is 9.62. The van der Waals surface area contributed by atoms with Crippen molar-refractivity contribution in [2.45, 2.75) is 47.0 Å². The van der Waals surface area contributed by atoms with Crippen molar-refractivity contribution in [2.75, 3.05) is 0 Å². The summed E-state index contributed by atoms with van der Waals surface area (Å²) in [5.41, 5.74) is 8.07. The second kappa shape index (κ2) is 7.75. The van der Waals surface area contributed by atoms with Crippen LogP contribution >= 0.6 is 0 Å². The summed E-state index contributed by atoms with van der Waals surface area (Å²) in [5, 5.41) is 9.83. The maximum Gasteiger partial charge on any atom is 0.115 e. The van der Waals surface area contributed by atoms with Crippen LogP contribution in [-0.2, 0) is 0 Å². The summed E-state index contributed by atoms with van der Waals surface area (Å²) in [6, 6.07) is 20.6. The molecule has 0 radical (unpaired) electrons. The van der Waals surface area contributed by atoms with Gasteiger partial charge in [-0.15, -0.1) is 0 Å². The van der Waals surface area contributed by atoms with Crippen molar-refractivity contribution in [3.63, 3.8) is 0 Å². The van der Waals surface area contributed by atoms with Crippen LogP contribution in [-0.4, -0.2) is 10.1 Å². The number of hydrogen-bond acceptors (Lipinski definition) is 2. The molecule has 1 N–H and O–H groups in total. The summed E-state index contributed by atoms with van der Waals surface area (Å²) in [6.07, 6.45) is 7.12. The van der Waals surface area contributed by atoms with Crippen LogP contribution in [0.15, 0.2) is 78.6 Å². The van der Waals surface area contributed by atoms with E-state index in [0.717, 1.165) is 18.4 Å². The Hall–Kier alpha value is -2.87. The topological polar surface area (TPSA) is 33.1 Å². The Labute approximate surface area is 180 Å². The van der Waals surface area contributed by atoms with E-state index in [1.807, 2.05) is 24.4 Å². The number of pyridine rings is 1. The summed E-state index contributed by atoms with van der Waals surface area (Å²) in [4.78, 5) is 4.25. The average Bonchev–Trinajstić information content (AvgIpc) is 2.69. The molecule has 3 aromatic rings. The highest BCUT2D eigenvalue weighted by atomic mass is 16.3. The van der Waals surface area contributed by atoms with Crippen molar-refractivity contribution in [1.29, 1.82) is 0 Å². The van der Waals surface area contributed by atoms with Gasteiger partial charge in [0.25, 0.3) is 0 Å². The van der Waals surface area contributed by atoms with E-state index in [4.69, 9.17) is 0 Å². The van der Waals surface area contributed by atoms with E-state index in [2.05, 4.69) is 63.0 Å². The number of rotatable bonds is 3. The molecule has 154 valence electrons. The Bertz CT molecular complexity index is 1020. The summed E-state index contributed by atoms with van der Waals surface area (Å²) >= 11 is 0. The van der Waals surface area contributed by atoms with E-state index in [1.165, 1.54) is 34.3 Å². The van der Waals surface area contributed by atoms with Gasteiger partial charge in [0.15, 0.2) is 0 Å². The first-order valence-corrected chi connectivity index (χ1v) is 10.7. The zero-order valence-corrected chi connectivity index (χ0v) is 18.4. The van der Waals surface area contributed by atoms with Crippen LogP contribution < -0.4 is 0 Å². The molecule has 1 fully saturated rings. The number of phenols is 1. The van der Waals surface area contributed by atoms with Crippen molar-refractivity contribution in [3.8, 4) is 16.9 Å². The standard InChI is InChI=1S/C28H31NO/c1-27(2)16-24(17-28(3,4)19-27)26(22-11-13-25(30)14-12-22)21-9-7-20(8-10-21)23-6-5-15-29-18-23/h5-15,18,30H,16-17,19H2,1-4H3. The molecule has 2 aromatic carbocycles. The predicted molar refractivity (Wildman–Crippen MR) is 125 cm³/mol. The predicted octanol–water partition coefficient (Wildman–Crippen LogP) is 7.49. The fourth-order valence-corrected chi connectivity index (χ4v) is 5.38. The highest BCUT2D eigenvalue weighted by Crippen LogP contribution is 2.50. The molecule has 4 rings (SSSR count). The summed E-state index contributed by atoms with van der Waals surface area (Å²) in [6.45, 7) is 9.53. The normalized spacial score (nSPS) is 17.5. The number of allylic oxidation sites excluding steroid dienone is 1. The zero-order valence-electron chi connectivity index (χ0n) is 18.4. The van der Waals surface area contributed by atoms with E-state index < -0.39 is 0 Å². The van der Waals surface area contributed by atoms with Crippen molar-refractivity contribution >= 4 is 5.57 Å². The molecule has 0 aliphatic heterocycles. The number of aromatic nitrogens is 1. The van der Waals surface area contributed by atoms with Crippen molar-refractivity contribution in [3.05, 3.63) is 89.8 Å². The molecule has 30 heavy (non-hydrogen) atoms. The average molecular weight is 398 g/mol. The van der Waals surface area contributed by atoms with Crippen LogP contribution in [0.1, 0.15) is 58.1 Å². The Kier molecular flexibility index (Phi) is 5.27. The van der Waals surface area contributed by atoms with E-state index >= 15 is 0 Å². The third-order valence-corrected chi connectivity index (χ3v) is 6.02. The van der Waals surface area contributed by atoms with Crippen LogP contribution in [0.5, 0.6) is 5.75 Å². The number of nitrogens with zero attached hydrogens (tertiary/aromatic N) is 1. The molecular formula is C28H31NO. The molecule has 0 amide bonds. The van der Waals surface area contributed by atoms with Gasteiger partial charge in [-0.2, -0.15) is 0 Å². The van der Waals surface area contributed by atoms with Crippen LogP contribution in [0.4, 0.5) is 0 Å². The quantitative estimate of drug-likeness (QED) is 0.496. The first-order valence-electron chi connectivity index (χ1n) is 10.7. The van der Waals surface area contributed by atoms with Crippen molar-refractivity contribution in [2.24, 2.45) is 10.8 Å². The van der Waals surface area contributed by atoms with Gasteiger partial charge in [-0.05, 0) is 76.1 Å². The van der Waals surface area contributed by atoms with Crippen LogP contribution in [0.3, 0.4) is 0 Å². The Balaban J connectivity index is 1.83. The van der Waals surface area contributed by atoms with Crippen LogP contribution in [0.2, 0.25) is 0 Å². The fourth-order valence-electron chi connectivity index (χ4n) is 5.38. The number of benzene rings is 2. The lowest BCUT2D eigenvalue weighted by Crippen LogP contribution is -2.30. The molecule has 0 bridgehead atoms. The van der Waals surface area contributed by atoms with Gasteiger partial charge in [0.1, 0.15) is 5.75 Å². The Morgan fingerprint density at radius 3 is 1.87 bits per heavy atom. The monoisotopic (exact) mass is 397 g/mol. The minimum Gasteiger partial charge on any atom is -0.508 e. The third-order valence-electron chi connectivity index (χ3n) is 6.02. The van der Waals surface area contributed by atoms with Gasteiger partial charge in [0.2, 0.25) is 0 Å². The summed E-state index contributed by atoms with van der Waals surface area (Å²) in [7, 11) is 0. The van der Waals surface area contributed by atoms with Gasteiger partial charge in [-0.25, -0.2) is 0 Å². The molecule has 0 atom stereocenters. The molecule has 0 unspecified atom stereocenters. The molecule has 0 spiro atoms. The van der Waals surface area contributed by atoms with E-state index in [-0.39, 0.29) is 10.8 Å². The molecule has 2 nitrogen and oxygen atoms in total. The molecule has 1 heterocycles. The molecule has 1 aliphatic rings. The molecule has 1 saturated carbocycles. The molecule has 1 aliphatic carbocycles. The van der Waals surface area contributed by atoms with Crippen molar-refractivity contribution < 1.29 is 5.11 Å². The summed E-state index contributed by atoms with van der Waals surface area (Å²) < 4.78 is 0. The van der Waals surface area contributed by atoms with E-state index in [1.54, 1.807) is 18.3 Å². The van der Waals surface area contributed by atoms with Gasteiger partial charge in [0, 0.05) is 12.4 Å². The van der Waals surface area contributed by atoms with E-state index in [0.29, 0.717) is 5.75 Å². The SMILES string of the molecule is CC1(C)CC(=C(c2ccc(O)cc2)c2ccc(-c3cccnc3)cc2)CC(C)(C)C1. The summed E-state index contributed by atoms with van der Waals surface area (Å²) in [5.74, 6) is 0.305. The fraction of sp³-hybridized carbons (Fsp3) is 0.321. The lowest BCUT2D eigenvalue weighted by molar-refractivity contribution is 0.154. The highest BCUT2D eigenvalue weighted by Gasteiger charge is 2.37. The molecule has 1 aromatic heterocycles. The van der Waals surface area contributed by atoms with Gasteiger partial charge in [-0.1, -0.05) is 75.7 Å². The Morgan fingerprint density at radius 1 is 0.767 bits per heavy atom. The molecule has 0 saturated heterocycles. The van der Waals surface area contributed by atoms with Gasteiger partial charge >= 0.3 is 0 Å². The maximum atomic E-state index is 9.83. The minimum atomic E-state index is 0.273. The Morgan fingerprint density at radius 2 is 1.33 bits per heavy atom. The third kappa shape index (κ3) is 4.48. The minimum absolute atomic E-state index is 0.273. The maximum absolute atomic E-state index is 9.83. The van der Waals surface area contributed by atoms with Gasteiger partial charge in [-0.3, -0.25) is 4.98 Å². The lowest BCUT2D eigenvalue weighted by Gasteiger charge is -2.43. The first-order chi connectivity index (χ1) is 14.2. The second-order valence-electron chi connectivity index (χ2n) is 10.2. The van der Waals surface area contributed by atoms with Crippen molar-refractivity contribution in [1.82, 2.24) is 4.98 Å². The smallest absolute Gasteiger partial charge is 0.115 e. The van der Waals surface area contributed by atoms with E-state index in [9.17, 15) is 5.11 Å². The number of hydrogen-bond donors (Lipinski definition) is 1. The largest absolute Gasteiger partial charge is 0.508 e. The number of phenolic OH excluding ortho intramolecular Hbond substituents is 1. The first kappa shape index (κ1) is 20.4. The van der Waals surface area contributed by atoms with Crippen LogP contribution in [0, 0.1) is 10.8 Å². The molecule has 2 heteroatoms.